The smallest absolute Gasteiger partial charge is 0.241 e. The van der Waals surface area contributed by atoms with Crippen LogP contribution in [0.15, 0.2) is 48.5 Å². The maximum Gasteiger partial charge on any atom is 0.241 e. The molecule has 2 fully saturated rings. The van der Waals surface area contributed by atoms with Gasteiger partial charge in [-0.1, -0.05) is 23.7 Å². The number of hydrogen-bond donors (Lipinski definition) is 0. The van der Waals surface area contributed by atoms with Crippen LogP contribution in [0.3, 0.4) is 0 Å². The van der Waals surface area contributed by atoms with Crippen molar-refractivity contribution in [1.82, 2.24) is 4.90 Å². The lowest BCUT2D eigenvalue weighted by Crippen LogP contribution is -2.62. The van der Waals surface area contributed by atoms with Crippen molar-refractivity contribution < 1.29 is 17.6 Å². The number of sulfone groups is 1. The molecule has 2 aromatic rings. The van der Waals surface area contributed by atoms with Crippen molar-refractivity contribution in [2.24, 2.45) is 0 Å². The molecule has 1 amide bonds. The van der Waals surface area contributed by atoms with Crippen molar-refractivity contribution in [2.45, 2.75) is 18.5 Å². The lowest BCUT2D eigenvalue weighted by Gasteiger charge is -2.43. The largest absolute Gasteiger partial charge is 0.306 e. The molecule has 2 aliphatic heterocycles. The van der Waals surface area contributed by atoms with Gasteiger partial charge in [0.05, 0.1) is 24.1 Å². The second-order valence-corrected chi connectivity index (χ2v) is 9.89. The molecule has 2 aromatic carbocycles. The number of nitrogens with zero attached hydrogens (tertiary/aromatic N) is 2. The molecule has 5 nitrogen and oxygen atoms in total. The van der Waals surface area contributed by atoms with Crippen molar-refractivity contribution in [3.8, 4) is 0 Å². The molecule has 0 aromatic heterocycles. The summed E-state index contributed by atoms with van der Waals surface area (Å²) in [5.41, 5.74) is 1.62. The highest BCUT2D eigenvalue weighted by atomic mass is 35.5. The van der Waals surface area contributed by atoms with Crippen molar-refractivity contribution in [1.29, 1.82) is 0 Å². The van der Waals surface area contributed by atoms with Crippen LogP contribution < -0.4 is 4.90 Å². The average molecular weight is 423 g/mol. The molecule has 0 spiro atoms. The van der Waals surface area contributed by atoms with Crippen LogP contribution >= 0.6 is 11.6 Å². The first-order chi connectivity index (χ1) is 13.3. The molecular weight excluding hydrogens is 403 g/mol. The predicted molar refractivity (Wildman–Crippen MR) is 107 cm³/mol. The molecule has 2 heterocycles. The van der Waals surface area contributed by atoms with Gasteiger partial charge in [-0.3, -0.25) is 9.69 Å². The molecule has 0 saturated carbocycles. The van der Waals surface area contributed by atoms with Crippen LogP contribution in [0.2, 0.25) is 5.02 Å². The summed E-state index contributed by atoms with van der Waals surface area (Å²) in [7, 11) is -3.23. The maximum atomic E-state index is 13.1. The van der Waals surface area contributed by atoms with E-state index in [4.69, 9.17) is 11.6 Å². The molecule has 148 valence electrons. The first-order valence-corrected chi connectivity index (χ1v) is 11.3. The third-order valence-electron chi connectivity index (χ3n) is 5.41. The molecular formula is C20H20ClFN2O3S. The lowest BCUT2D eigenvalue weighted by molar-refractivity contribution is -0.123. The average Bonchev–Trinajstić information content (AvgIpc) is 2.97. The number of rotatable bonds is 4. The molecule has 0 bridgehead atoms. The Morgan fingerprint density at radius 3 is 2.32 bits per heavy atom. The number of amides is 1. The molecule has 0 N–H and O–H groups in total. The van der Waals surface area contributed by atoms with Gasteiger partial charge in [-0.25, -0.2) is 12.8 Å². The molecule has 2 saturated heterocycles. The minimum absolute atomic E-state index is 0.0401. The lowest BCUT2D eigenvalue weighted by atomic mass is 10.0. The van der Waals surface area contributed by atoms with Crippen LogP contribution in [-0.2, 0) is 21.1 Å². The molecule has 0 unspecified atom stereocenters. The van der Waals surface area contributed by atoms with E-state index in [-0.39, 0.29) is 35.8 Å². The van der Waals surface area contributed by atoms with Crippen molar-refractivity contribution in [3.05, 3.63) is 64.9 Å². The van der Waals surface area contributed by atoms with Crippen LogP contribution in [0.25, 0.3) is 0 Å². The van der Waals surface area contributed by atoms with E-state index < -0.39 is 15.9 Å². The molecule has 4 rings (SSSR count). The van der Waals surface area contributed by atoms with Crippen LogP contribution in [0.5, 0.6) is 0 Å². The fraction of sp³-hybridized carbons (Fsp3) is 0.350. The van der Waals surface area contributed by atoms with Crippen LogP contribution in [0.4, 0.5) is 10.1 Å². The Morgan fingerprint density at radius 1 is 1.00 bits per heavy atom. The third-order valence-corrected chi connectivity index (χ3v) is 7.36. The summed E-state index contributed by atoms with van der Waals surface area (Å²) >= 11 is 5.94. The standard InChI is InChI=1S/C20H20ClFN2O3S/c21-15-3-7-17(8-4-15)24-19-13-28(26,27)12-18(19)23(11-20(24)25)10-9-14-1-5-16(22)6-2-14/h1-8,18-19H,9-13H2/t18-,19-/m1/s1. The predicted octanol–water partition coefficient (Wildman–Crippen LogP) is 2.54. The zero-order chi connectivity index (χ0) is 19.9. The first kappa shape index (κ1) is 19.4. The van der Waals surface area contributed by atoms with Gasteiger partial charge in [0, 0.05) is 23.3 Å². The summed E-state index contributed by atoms with van der Waals surface area (Å²) in [6.45, 7) is 0.697. The Morgan fingerprint density at radius 2 is 1.64 bits per heavy atom. The Bertz CT molecular complexity index is 980. The third kappa shape index (κ3) is 3.92. The minimum atomic E-state index is -3.23. The van der Waals surface area contributed by atoms with E-state index in [1.165, 1.54) is 12.1 Å². The Balaban J connectivity index is 1.57. The van der Waals surface area contributed by atoms with Gasteiger partial charge < -0.3 is 4.90 Å². The summed E-state index contributed by atoms with van der Waals surface area (Å²) in [5.74, 6) is -0.422. The summed E-state index contributed by atoms with van der Waals surface area (Å²) in [6.07, 6.45) is 0.623. The highest BCUT2D eigenvalue weighted by Crippen LogP contribution is 2.32. The molecule has 0 radical (unpaired) electrons. The Kier molecular flexibility index (Phi) is 5.16. The highest BCUT2D eigenvalue weighted by molar-refractivity contribution is 7.91. The normalized spacial score (nSPS) is 24.4. The summed E-state index contributed by atoms with van der Waals surface area (Å²) in [6, 6.07) is 12.5. The second kappa shape index (κ2) is 7.46. The number of fused-ring (bicyclic) bond motifs is 1. The zero-order valence-electron chi connectivity index (χ0n) is 15.1. The van der Waals surface area contributed by atoms with Crippen molar-refractivity contribution >= 4 is 33.0 Å². The Labute approximate surface area is 168 Å². The minimum Gasteiger partial charge on any atom is -0.306 e. The second-order valence-electron chi connectivity index (χ2n) is 7.30. The van der Waals surface area contributed by atoms with Crippen LogP contribution in [0.1, 0.15) is 5.56 Å². The number of carbonyl (C=O) groups excluding carboxylic acids is 1. The van der Waals surface area contributed by atoms with Crippen LogP contribution in [-0.4, -0.2) is 55.9 Å². The fourth-order valence-electron chi connectivity index (χ4n) is 4.06. The van der Waals surface area contributed by atoms with Gasteiger partial charge in [0.25, 0.3) is 0 Å². The molecule has 2 aliphatic rings. The van der Waals surface area contributed by atoms with Gasteiger partial charge in [-0.05, 0) is 48.4 Å². The number of benzene rings is 2. The molecule has 2 atom stereocenters. The number of carbonyl (C=O) groups is 1. The van der Waals surface area contributed by atoms with E-state index in [1.807, 2.05) is 4.90 Å². The van der Waals surface area contributed by atoms with E-state index in [9.17, 15) is 17.6 Å². The summed E-state index contributed by atoms with van der Waals surface area (Å²) in [5, 5.41) is 0.560. The summed E-state index contributed by atoms with van der Waals surface area (Å²) < 4.78 is 37.8. The topological polar surface area (TPSA) is 57.7 Å². The van der Waals surface area contributed by atoms with Crippen molar-refractivity contribution in [2.75, 3.05) is 29.5 Å². The quantitative estimate of drug-likeness (QED) is 0.759. The Hall–Kier alpha value is -1.96. The molecule has 28 heavy (non-hydrogen) atoms. The van der Waals surface area contributed by atoms with Gasteiger partial charge in [-0.2, -0.15) is 0 Å². The number of piperazine rings is 1. The number of anilines is 1. The van der Waals surface area contributed by atoms with Gasteiger partial charge in [0.1, 0.15) is 5.82 Å². The zero-order valence-corrected chi connectivity index (χ0v) is 16.7. The monoisotopic (exact) mass is 422 g/mol. The SMILES string of the molecule is O=C1CN(CCc2ccc(F)cc2)[C@@H]2CS(=O)(=O)C[C@H]2N1c1ccc(Cl)cc1. The fourth-order valence-corrected chi connectivity index (χ4v) is 6.17. The van der Waals surface area contributed by atoms with E-state index in [0.29, 0.717) is 23.7 Å². The number of hydrogen-bond acceptors (Lipinski definition) is 4. The van der Waals surface area contributed by atoms with Gasteiger partial charge in [0.2, 0.25) is 5.91 Å². The van der Waals surface area contributed by atoms with Gasteiger partial charge in [0.15, 0.2) is 9.84 Å². The highest BCUT2D eigenvalue weighted by Gasteiger charge is 2.49. The van der Waals surface area contributed by atoms with E-state index >= 15 is 0 Å². The van der Waals surface area contributed by atoms with E-state index in [1.54, 1.807) is 41.3 Å². The maximum absolute atomic E-state index is 13.1. The molecule has 0 aliphatic carbocycles. The van der Waals surface area contributed by atoms with Gasteiger partial charge in [-0.15, -0.1) is 0 Å². The summed E-state index contributed by atoms with van der Waals surface area (Å²) in [4.78, 5) is 16.5. The van der Waals surface area contributed by atoms with Crippen LogP contribution in [0, 0.1) is 5.82 Å². The van der Waals surface area contributed by atoms with Crippen molar-refractivity contribution in [3.63, 3.8) is 0 Å². The van der Waals surface area contributed by atoms with E-state index in [2.05, 4.69) is 0 Å². The first-order valence-electron chi connectivity index (χ1n) is 9.09. The molecule has 8 heteroatoms. The number of halogens is 2. The van der Waals surface area contributed by atoms with Gasteiger partial charge >= 0.3 is 0 Å². The van der Waals surface area contributed by atoms with E-state index in [0.717, 1.165) is 5.56 Å².